The van der Waals surface area contributed by atoms with Crippen molar-refractivity contribution in [2.24, 2.45) is 0 Å². The summed E-state index contributed by atoms with van der Waals surface area (Å²) in [6, 6.07) is 10.1. The van der Waals surface area contributed by atoms with E-state index in [2.05, 4.69) is 5.32 Å². The quantitative estimate of drug-likeness (QED) is 0.794. The van der Waals surface area contributed by atoms with E-state index in [1.165, 1.54) is 6.26 Å². The second kappa shape index (κ2) is 6.58. The molecule has 0 aliphatic rings. The number of halogens is 2. The molecule has 2 aromatic rings. The van der Waals surface area contributed by atoms with Gasteiger partial charge in [-0.25, -0.2) is 0 Å². The first-order valence-electron chi connectivity index (χ1n) is 5.66. The number of thioether (sulfide) groups is 1. The van der Waals surface area contributed by atoms with E-state index in [0.717, 1.165) is 0 Å². The zero-order valence-electron chi connectivity index (χ0n) is 9.92. The summed E-state index contributed by atoms with van der Waals surface area (Å²) in [4.78, 5) is 0.448. The van der Waals surface area contributed by atoms with Gasteiger partial charge in [0.15, 0.2) is 0 Å². The van der Waals surface area contributed by atoms with Gasteiger partial charge >= 0.3 is 0 Å². The molecule has 3 nitrogen and oxygen atoms in total. The average Bonchev–Trinajstić information content (AvgIpc) is 2.90. The van der Waals surface area contributed by atoms with Crippen LogP contribution in [0.1, 0.15) is 11.9 Å². The molecular formula is C13H13F2NO2S. The summed E-state index contributed by atoms with van der Waals surface area (Å²) in [6.45, 7) is 0.189. The van der Waals surface area contributed by atoms with Crippen LogP contribution in [-0.2, 0) is 0 Å². The SMILES string of the molecule is OC(CNc1ccccc1SC(F)F)c1ccco1. The lowest BCUT2D eigenvalue weighted by molar-refractivity contribution is 0.162. The molecule has 0 aliphatic heterocycles. The van der Waals surface area contributed by atoms with Crippen molar-refractivity contribution in [1.82, 2.24) is 0 Å². The third-order valence-corrected chi connectivity index (χ3v) is 3.25. The Balaban J connectivity index is 1.99. The van der Waals surface area contributed by atoms with Crippen LogP contribution in [-0.4, -0.2) is 17.4 Å². The summed E-state index contributed by atoms with van der Waals surface area (Å²) in [7, 11) is 0. The van der Waals surface area contributed by atoms with Gasteiger partial charge in [0, 0.05) is 17.1 Å². The van der Waals surface area contributed by atoms with Crippen molar-refractivity contribution in [2.75, 3.05) is 11.9 Å². The standard InChI is InChI=1S/C13H13F2NO2S/c14-13(15)19-12-6-2-1-4-9(12)16-8-10(17)11-5-3-7-18-11/h1-7,10,13,16-17H,8H2. The average molecular weight is 285 g/mol. The highest BCUT2D eigenvalue weighted by molar-refractivity contribution is 7.99. The van der Waals surface area contributed by atoms with Crippen LogP contribution in [0, 0.1) is 0 Å². The van der Waals surface area contributed by atoms with E-state index in [1.54, 1.807) is 36.4 Å². The number of alkyl halides is 2. The fourth-order valence-corrected chi connectivity index (χ4v) is 2.22. The summed E-state index contributed by atoms with van der Waals surface area (Å²) in [5, 5.41) is 12.8. The van der Waals surface area contributed by atoms with E-state index in [0.29, 0.717) is 28.1 Å². The lowest BCUT2D eigenvalue weighted by Gasteiger charge is -2.13. The van der Waals surface area contributed by atoms with Gasteiger partial charge in [-0.05, 0) is 24.3 Å². The summed E-state index contributed by atoms with van der Waals surface area (Å²) < 4.78 is 29.9. The lowest BCUT2D eigenvalue weighted by Crippen LogP contribution is -2.12. The van der Waals surface area contributed by atoms with Gasteiger partial charge in [0.25, 0.3) is 5.76 Å². The summed E-state index contributed by atoms with van der Waals surface area (Å²) in [5.41, 5.74) is 0.568. The third kappa shape index (κ3) is 3.97. The van der Waals surface area contributed by atoms with Gasteiger partial charge in [0.2, 0.25) is 0 Å². The fraction of sp³-hybridized carbons (Fsp3) is 0.231. The molecule has 1 aromatic heterocycles. The Bertz CT molecular complexity index is 505. The van der Waals surface area contributed by atoms with Gasteiger partial charge in [0.1, 0.15) is 11.9 Å². The van der Waals surface area contributed by atoms with Crippen molar-refractivity contribution in [2.45, 2.75) is 16.8 Å². The van der Waals surface area contributed by atoms with Gasteiger partial charge in [-0.1, -0.05) is 23.9 Å². The van der Waals surface area contributed by atoms with E-state index < -0.39 is 11.9 Å². The predicted molar refractivity (Wildman–Crippen MR) is 70.5 cm³/mol. The van der Waals surface area contributed by atoms with Crippen LogP contribution in [0.25, 0.3) is 0 Å². The molecular weight excluding hydrogens is 272 g/mol. The van der Waals surface area contributed by atoms with E-state index in [-0.39, 0.29) is 6.54 Å². The normalized spacial score (nSPS) is 12.6. The molecule has 0 aliphatic carbocycles. The molecule has 1 unspecified atom stereocenters. The number of anilines is 1. The highest BCUT2D eigenvalue weighted by atomic mass is 32.2. The first-order chi connectivity index (χ1) is 9.16. The molecule has 2 rings (SSSR count). The minimum absolute atomic E-state index is 0.189. The fourth-order valence-electron chi connectivity index (χ4n) is 1.60. The summed E-state index contributed by atoms with van der Waals surface area (Å²) >= 11 is 0.473. The molecule has 0 spiro atoms. The summed E-state index contributed by atoms with van der Waals surface area (Å²) in [6.07, 6.45) is 0.652. The van der Waals surface area contributed by atoms with Gasteiger partial charge in [-0.15, -0.1) is 0 Å². The van der Waals surface area contributed by atoms with Crippen molar-refractivity contribution in [1.29, 1.82) is 0 Å². The van der Waals surface area contributed by atoms with Crippen LogP contribution >= 0.6 is 11.8 Å². The predicted octanol–water partition coefficient (Wildman–Crippen LogP) is 3.74. The second-order valence-corrected chi connectivity index (χ2v) is 4.82. The van der Waals surface area contributed by atoms with Crippen LogP contribution in [0.5, 0.6) is 0 Å². The first kappa shape index (κ1) is 13.9. The molecule has 102 valence electrons. The third-order valence-electron chi connectivity index (χ3n) is 2.46. The highest BCUT2D eigenvalue weighted by Crippen LogP contribution is 2.31. The molecule has 0 radical (unpaired) electrons. The molecule has 0 bridgehead atoms. The Morgan fingerprint density at radius 2 is 2.00 bits per heavy atom. The van der Waals surface area contributed by atoms with Gasteiger partial charge in [-0.3, -0.25) is 0 Å². The monoisotopic (exact) mass is 285 g/mol. The molecule has 0 fully saturated rings. The highest BCUT2D eigenvalue weighted by Gasteiger charge is 2.13. The van der Waals surface area contributed by atoms with Crippen molar-refractivity contribution in [3.8, 4) is 0 Å². The van der Waals surface area contributed by atoms with Gasteiger partial charge in [-0.2, -0.15) is 8.78 Å². The van der Waals surface area contributed by atoms with E-state index in [4.69, 9.17) is 4.42 Å². The van der Waals surface area contributed by atoms with Crippen molar-refractivity contribution in [3.63, 3.8) is 0 Å². The number of nitrogens with one attached hydrogen (secondary N) is 1. The number of benzene rings is 1. The number of rotatable bonds is 6. The molecule has 6 heteroatoms. The van der Waals surface area contributed by atoms with Crippen molar-refractivity contribution < 1.29 is 18.3 Å². The van der Waals surface area contributed by atoms with E-state index >= 15 is 0 Å². The van der Waals surface area contributed by atoms with Crippen molar-refractivity contribution >= 4 is 17.4 Å². The Hall–Kier alpha value is -1.53. The second-order valence-electron chi connectivity index (χ2n) is 3.79. The van der Waals surface area contributed by atoms with E-state index in [9.17, 15) is 13.9 Å². The minimum Gasteiger partial charge on any atom is -0.467 e. The molecule has 19 heavy (non-hydrogen) atoms. The van der Waals surface area contributed by atoms with Crippen LogP contribution in [0.3, 0.4) is 0 Å². The van der Waals surface area contributed by atoms with Crippen LogP contribution in [0.2, 0.25) is 0 Å². The molecule has 1 heterocycles. The molecule has 1 atom stereocenters. The number of aliphatic hydroxyl groups excluding tert-OH is 1. The number of hydrogen-bond donors (Lipinski definition) is 2. The Morgan fingerprint density at radius 1 is 1.21 bits per heavy atom. The molecule has 1 aromatic carbocycles. The lowest BCUT2D eigenvalue weighted by atomic mass is 10.2. The van der Waals surface area contributed by atoms with Crippen molar-refractivity contribution in [3.05, 3.63) is 48.4 Å². The summed E-state index contributed by atoms with van der Waals surface area (Å²) in [5.74, 6) is -2.04. The number of aliphatic hydroxyl groups is 1. The molecule has 0 amide bonds. The Kier molecular flexibility index (Phi) is 4.81. The number of para-hydroxylation sites is 1. The van der Waals surface area contributed by atoms with E-state index in [1.807, 2.05) is 0 Å². The molecule has 0 saturated carbocycles. The molecule has 0 saturated heterocycles. The van der Waals surface area contributed by atoms with Crippen LogP contribution in [0.4, 0.5) is 14.5 Å². The zero-order chi connectivity index (χ0) is 13.7. The largest absolute Gasteiger partial charge is 0.467 e. The number of furan rings is 1. The minimum atomic E-state index is -2.47. The van der Waals surface area contributed by atoms with Crippen LogP contribution < -0.4 is 5.32 Å². The Labute approximate surface area is 113 Å². The van der Waals surface area contributed by atoms with Gasteiger partial charge in [0.05, 0.1) is 6.26 Å². The maximum Gasteiger partial charge on any atom is 0.288 e. The maximum atomic E-state index is 12.4. The topological polar surface area (TPSA) is 45.4 Å². The zero-order valence-corrected chi connectivity index (χ0v) is 10.7. The molecule has 2 N–H and O–H groups in total. The Morgan fingerprint density at radius 3 is 2.68 bits per heavy atom. The first-order valence-corrected chi connectivity index (χ1v) is 6.54. The van der Waals surface area contributed by atoms with Gasteiger partial charge < -0.3 is 14.8 Å². The smallest absolute Gasteiger partial charge is 0.288 e. The van der Waals surface area contributed by atoms with Crippen LogP contribution in [0.15, 0.2) is 52.0 Å². The number of hydrogen-bond acceptors (Lipinski definition) is 4. The maximum absolute atomic E-state index is 12.4.